The van der Waals surface area contributed by atoms with E-state index in [2.05, 4.69) is 23.8 Å². The summed E-state index contributed by atoms with van der Waals surface area (Å²) in [5.41, 5.74) is 7.29. The van der Waals surface area contributed by atoms with Crippen molar-refractivity contribution < 1.29 is 0 Å². The molecule has 0 aromatic carbocycles. The maximum absolute atomic E-state index is 6.27. The highest BCUT2D eigenvalue weighted by Gasteiger charge is 2.33. The Hall–Kier alpha value is -0.610. The van der Waals surface area contributed by atoms with Gasteiger partial charge in [-0.05, 0) is 37.7 Å². The van der Waals surface area contributed by atoms with Crippen LogP contribution in [-0.4, -0.2) is 21.3 Å². The van der Waals surface area contributed by atoms with Crippen molar-refractivity contribution in [3.8, 4) is 0 Å². The number of hydrogen-bond donors (Lipinski definition) is 1. The quantitative estimate of drug-likeness (QED) is 0.821. The van der Waals surface area contributed by atoms with E-state index in [1.54, 1.807) is 11.8 Å². The van der Waals surface area contributed by atoms with Crippen molar-refractivity contribution in [2.45, 2.75) is 50.1 Å². The number of nitrogens with two attached hydrogens (primary N) is 1. The monoisotopic (exact) mass is 251 g/mol. The van der Waals surface area contributed by atoms with Crippen molar-refractivity contribution in [2.75, 3.05) is 0 Å². The fourth-order valence-electron chi connectivity index (χ4n) is 2.69. The summed E-state index contributed by atoms with van der Waals surface area (Å²) >= 11 is 1.75. The number of thioether (sulfide) groups is 1. The van der Waals surface area contributed by atoms with E-state index in [1.165, 1.54) is 6.42 Å². The lowest BCUT2D eigenvalue weighted by Gasteiger charge is -2.36. The number of rotatable bonds is 2. The van der Waals surface area contributed by atoms with Crippen molar-refractivity contribution >= 4 is 11.8 Å². The zero-order valence-electron chi connectivity index (χ0n) is 10.8. The predicted octanol–water partition coefficient (Wildman–Crippen LogP) is 2.64. The molecule has 94 valence electrons. The summed E-state index contributed by atoms with van der Waals surface area (Å²) < 4.78 is 0. The van der Waals surface area contributed by atoms with Crippen molar-refractivity contribution in [3.63, 3.8) is 0 Å². The molecule has 1 aromatic heterocycles. The number of nitrogens with zero attached hydrogens (tertiary/aromatic N) is 2. The van der Waals surface area contributed by atoms with E-state index in [1.807, 2.05) is 19.2 Å². The van der Waals surface area contributed by atoms with Crippen LogP contribution in [0, 0.1) is 18.8 Å². The normalized spacial score (nSPS) is 33.6. The molecular weight excluding hydrogens is 230 g/mol. The van der Waals surface area contributed by atoms with Crippen LogP contribution in [0.1, 0.15) is 32.4 Å². The van der Waals surface area contributed by atoms with Gasteiger partial charge in [-0.25, -0.2) is 9.97 Å². The van der Waals surface area contributed by atoms with Gasteiger partial charge in [0, 0.05) is 23.2 Å². The first-order valence-electron chi connectivity index (χ1n) is 6.28. The Balaban J connectivity index is 2.07. The summed E-state index contributed by atoms with van der Waals surface area (Å²) in [6.07, 6.45) is 4.21. The second-order valence-electron chi connectivity index (χ2n) is 5.28. The second-order valence-corrected chi connectivity index (χ2v) is 6.43. The minimum atomic E-state index is 0.267. The third-order valence-corrected chi connectivity index (χ3v) is 4.94. The van der Waals surface area contributed by atoms with Crippen molar-refractivity contribution in [1.82, 2.24) is 9.97 Å². The van der Waals surface area contributed by atoms with E-state index in [9.17, 15) is 0 Å². The van der Waals surface area contributed by atoms with Crippen LogP contribution in [0.3, 0.4) is 0 Å². The average Bonchev–Trinajstić information content (AvgIpc) is 2.23. The van der Waals surface area contributed by atoms with Crippen LogP contribution in [0.15, 0.2) is 17.4 Å². The van der Waals surface area contributed by atoms with Gasteiger partial charge in [0.1, 0.15) is 0 Å². The molecule has 2 rings (SSSR count). The molecule has 1 heterocycles. The minimum absolute atomic E-state index is 0.267. The summed E-state index contributed by atoms with van der Waals surface area (Å²) in [5.74, 6) is 1.39. The molecule has 4 atom stereocenters. The summed E-state index contributed by atoms with van der Waals surface area (Å²) in [4.78, 5) is 8.77. The first kappa shape index (κ1) is 12.8. The van der Waals surface area contributed by atoms with Crippen LogP contribution < -0.4 is 5.73 Å². The SMILES string of the molecule is Cc1ccnc(SC2C(C)CC(C)CC2N)n1. The van der Waals surface area contributed by atoms with Gasteiger partial charge in [-0.2, -0.15) is 0 Å². The molecule has 4 heteroatoms. The summed E-state index contributed by atoms with van der Waals surface area (Å²) in [6, 6.07) is 2.19. The Kier molecular flexibility index (Phi) is 4.05. The highest BCUT2D eigenvalue weighted by molar-refractivity contribution is 7.99. The second kappa shape index (κ2) is 5.36. The molecule has 2 N–H and O–H groups in total. The van der Waals surface area contributed by atoms with Crippen molar-refractivity contribution in [1.29, 1.82) is 0 Å². The lowest BCUT2D eigenvalue weighted by molar-refractivity contribution is 0.279. The van der Waals surface area contributed by atoms with Gasteiger partial charge in [0.2, 0.25) is 0 Å². The third kappa shape index (κ3) is 3.19. The van der Waals surface area contributed by atoms with Crippen molar-refractivity contribution in [3.05, 3.63) is 18.0 Å². The third-order valence-electron chi connectivity index (χ3n) is 3.45. The first-order valence-corrected chi connectivity index (χ1v) is 7.16. The lowest BCUT2D eigenvalue weighted by atomic mass is 9.80. The van der Waals surface area contributed by atoms with Crippen LogP contribution in [0.4, 0.5) is 0 Å². The van der Waals surface area contributed by atoms with Crippen LogP contribution in [0.25, 0.3) is 0 Å². The smallest absolute Gasteiger partial charge is 0.188 e. The van der Waals surface area contributed by atoms with Gasteiger partial charge in [-0.15, -0.1) is 0 Å². The van der Waals surface area contributed by atoms with Gasteiger partial charge >= 0.3 is 0 Å². The van der Waals surface area contributed by atoms with Gasteiger partial charge in [-0.3, -0.25) is 0 Å². The Morgan fingerprint density at radius 1 is 1.35 bits per heavy atom. The van der Waals surface area contributed by atoms with E-state index in [-0.39, 0.29) is 6.04 Å². The fraction of sp³-hybridized carbons (Fsp3) is 0.692. The van der Waals surface area contributed by atoms with Crippen LogP contribution >= 0.6 is 11.8 Å². The highest BCUT2D eigenvalue weighted by Crippen LogP contribution is 2.37. The molecule has 1 aromatic rings. The van der Waals surface area contributed by atoms with Gasteiger partial charge < -0.3 is 5.73 Å². The molecule has 1 aliphatic rings. The Morgan fingerprint density at radius 3 is 2.76 bits per heavy atom. The lowest BCUT2D eigenvalue weighted by Crippen LogP contribution is -2.43. The first-order chi connectivity index (χ1) is 8.06. The summed E-state index contributed by atoms with van der Waals surface area (Å²) in [6.45, 7) is 6.58. The molecule has 0 spiro atoms. The summed E-state index contributed by atoms with van der Waals surface area (Å²) in [5, 5.41) is 1.32. The largest absolute Gasteiger partial charge is 0.327 e. The molecule has 17 heavy (non-hydrogen) atoms. The maximum atomic E-state index is 6.27. The predicted molar refractivity (Wildman–Crippen MR) is 72.0 cm³/mol. The van der Waals surface area contributed by atoms with Crippen LogP contribution in [-0.2, 0) is 0 Å². The molecule has 1 saturated carbocycles. The number of aryl methyl sites for hydroxylation is 1. The van der Waals surface area contributed by atoms with Gasteiger partial charge in [-0.1, -0.05) is 25.6 Å². The number of aromatic nitrogens is 2. The highest BCUT2D eigenvalue weighted by atomic mass is 32.2. The molecule has 0 bridgehead atoms. The average molecular weight is 251 g/mol. The Labute approximate surface area is 108 Å². The molecule has 3 nitrogen and oxygen atoms in total. The standard InChI is InChI=1S/C13H21N3S/c1-8-6-9(2)12(11(14)7-8)17-13-15-5-4-10(3)16-13/h4-5,8-9,11-12H,6-7,14H2,1-3H3. The Bertz CT molecular complexity index is 371. The molecule has 0 amide bonds. The Morgan fingerprint density at radius 2 is 2.12 bits per heavy atom. The van der Waals surface area contributed by atoms with Gasteiger partial charge in [0.05, 0.1) is 0 Å². The van der Waals surface area contributed by atoms with E-state index in [4.69, 9.17) is 5.73 Å². The van der Waals surface area contributed by atoms with Crippen LogP contribution in [0.5, 0.6) is 0 Å². The maximum Gasteiger partial charge on any atom is 0.188 e. The van der Waals surface area contributed by atoms with Gasteiger partial charge in [0.25, 0.3) is 0 Å². The molecular formula is C13H21N3S. The molecule has 1 aliphatic carbocycles. The molecule has 0 saturated heterocycles. The van der Waals surface area contributed by atoms with Gasteiger partial charge in [0.15, 0.2) is 5.16 Å². The van der Waals surface area contributed by atoms with E-state index < -0.39 is 0 Å². The number of hydrogen-bond acceptors (Lipinski definition) is 4. The van der Waals surface area contributed by atoms with Crippen LogP contribution in [0.2, 0.25) is 0 Å². The molecule has 1 fully saturated rings. The summed E-state index contributed by atoms with van der Waals surface area (Å²) in [7, 11) is 0. The van der Waals surface area contributed by atoms with E-state index >= 15 is 0 Å². The van der Waals surface area contributed by atoms with Crippen molar-refractivity contribution in [2.24, 2.45) is 17.6 Å². The van der Waals surface area contributed by atoms with E-state index in [0.29, 0.717) is 11.2 Å². The minimum Gasteiger partial charge on any atom is -0.327 e. The zero-order chi connectivity index (χ0) is 12.4. The fourth-order valence-corrected chi connectivity index (χ4v) is 3.88. The molecule has 0 aliphatic heterocycles. The topological polar surface area (TPSA) is 51.8 Å². The molecule has 4 unspecified atom stereocenters. The zero-order valence-corrected chi connectivity index (χ0v) is 11.6. The molecule has 0 radical (unpaired) electrons. The van der Waals surface area contributed by atoms with E-state index in [0.717, 1.165) is 23.2 Å².